The first kappa shape index (κ1) is 19.0. The summed E-state index contributed by atoms with van der Waals surface area (Å²) in [5, 5.41) is 19.8. The van der Waals surface area contributed by atoms with Gasteiger partial charge < -0.3 is 25.8 Å². The van der Waals surface area contributed by atoms with Gasteiger partial charge in [-0.3, -0.25) is 4.79 Å². The van der Waals surface area contributed by atoms with Crippen LogP contribution in [0.15, 0.2) is 53.7 Å². The highest BCUT2D eigenvalue weighted by Gasteiger charge is 2.30. The van der Waals surface area contributed by atoms with E-state index in [9.17, 15) is 9.90 Å². The van der Waals surface area contributed by atoms with Gasteiger partial charge in [0.1, 0.15) is 0 Å². The first-order valence-electron chi connectivity index (χ1n) is 8.11. The quantitative estimate of drug-likeness (QED) is 0.585. The molecule has 6 nitrogen and oxygen atoms in total. The molecule has 27 heavy (non-hydrogen) atoms. The molecular weight excluding hydrogens is 386 g/mol. The molecule has 2 aromatic rings. The fraction of sp³-hybridized carbons (Fsp3) is 0.158. The summed E-state index contributed by atoms with van der Waals surface area (Å²) in [5.74, 6) is 0.0499. The van der Waals surface area contributed by atoms with Crippen LogP contribution < -0.4 is 20.7 Å². The summed E-state index contributed by atoms with van der Waals surface area (Å²) in [7, 11) is 1.47. The van der Waals surface area contributed by atoms with Gasteiger partial charge in [0.25, 0.3) is 5.91 Å². The van der Waals surface area contributed by atoms with Gasteiger partial charge in [-0.2, -0.15) is 0 Å². The van der Waals surface area contributed by atoms with Crippen molar-refractivity contribution in [1.29, 1.82) is 0 Å². The van der Waals surface area contributed by atoms with Crippen molar-refractivity contribution in [2.75, 3.05) is 12.4 Å². The van der Waals surface area contributed by atoms with Gasteiger partial charge in [-0.05, 0) is 61.1 Å². The number of thiocarbonyl (C=S) groups is 1. The number of allylic oxidation sites excluding steroid dienone is 1. The van der Waals surface area contributed by atoms with E-state index in [0.29, 0.717) is 32.8 Å². The third-order valence-corrected chi connectivity index (χ3v) is 4.62. The number of carbonyl (C=O) groups excluding carboxylic acids is 1. The highest BCUT2D eigenvalue weighted by Crippen LogP contribution is 2.33. The fourth-order valence-electron chi connectivity index (χ4n) is 2.85. The monoisotopic (exact) mass is 403 g/mol. The summed E-state index contributed by atoms with van der Waals surface area (Å²) < 4.78 is 5.18. The number of phenolic OH excluding ortho intramolecular Hbond substituents is 1. The van der Waals surface area contributed by atoms with Crippen LogP contribution in [0.1, 0.15) is 18.5 Å². The molecule has 4 N–H and O–H groups in total. The molecule has 140 valence electrons. The Kier molecular flexibility index (Phi) is 5.53. The van der Waals surface area contributed by atoms with E-state index in [2.05, 4.69) is 16.0 Å². The SMILES string of the molecule is COc1cc([C@H]2NC(=S)NC(C)=C2C(=O)Nc2ccc(Cl)cc2)ccc1O. The van der Waals surface area contributed by atoms with E-state index in [1.54, 1.807) is 43.3 Å². The minimum atomic E-state index is -0.499. The number of nitrogens with one attached hydrogen (secondary N) is 3. The first-order chi connectivity index (χ1) is 12.9. The summed E-state index contributed by atoms with van der Waals surface area (Å²) in [6.07, 6.45) is 0. The van der Waals surface area contributed by atoms with E-state index in [-0.39, 0.29) is 11.7 Å². The number of aromatic hydroxyl groups is 1. The molecule has 0 bridgehead atoms. The number of anilines is 1. The van der Waals surface area contributed by atoms with Crippen molar-refractivity contribution in [3.8, 4) is 11.5 Å². The first-order valence-corrected chi connectivity index (χ1v) is 8.89. The van der Waals surface area contributed by atoms with Gasteiger partial charge in [0.2, 0.25) is 0 Å². The average Bonchev–Trinajstić information content (AvgIpc) is 2.63. The molecule has 0 aliphatic carbocycles. The lowest BCUT2D eigenvalue weighted by Gasteiger charge is -2.30. The predicted octanol–water partition coefficient (Wildman–Crippen LogP) is 3.49. The molecule has 0 spiro atoms. The van der Waals surface area contributed by atoms with E-state index in [1.165, 1.54) is 13.2 Å². The fourth-order valence-corrected chi connectivity index (χ4v) is 3.25. The lowest BCUT2D eigenvalue weighted by Crippen LogP contribution is -2.45. The van der Waals surface area contributed by atoms with Gasteiger partial charge in [-0.1, -0.05) is 17.7 Å². The van der Waals surface area contributed by atoms with E-state index < -0.39 is 6.04 Å². The van der Waals surface area contributed by atoms with E-state index in [0.717, 1.165) is 5.56 Å². The molecule has 1 aliphatic rings. The molecule has 8 heteroatoms. The zero-order valence-corrected chi connectivity index (χ0v) is 16.2. The van der Waals surface area contributed by atoms with Crippen LogP contribution in [-0.4, -0.2) is 23.2 Å². The molecule has 1 aliphatic heterocycles. The number of hydrogen-bond acceptors (Lipinski definition) is 4. The summed E-state index contributed by atoms with van der Waals surface area (Å²) in [4.78, 5) is 13.0. The van der Waals surface area contributed by atoms with E-state index >= 15 is 0 Å². The van der Waals surface area contributed by atoms with Gasteiger partial charge in [0, 0.05) is 16.4 Å². The molecule has 0 saturated carbocycles. The molecule has 1 atom stereocenters. The maximum atomic E-state index is 13.0. The van der Waals surface area contributed by atoms with Gasteiger partial charge in [-0.15, -0.1) is 0 Å². The van der Waals surface area contributed by atoms with Gasteiger partial charge in [-0.25, -0.2) is 0 Å². The molecule has 1 heterocycles. The van der Waals surface area contributed by atoms with Crippen molar-refractivity contribution in [1.82, 2.24) is 10.6 Å². The van der Waals surface area contributed by atoms with Crippen molar-refractivity contribution in [2.45, 2.75) is 13.0 Å². The Morgan fingerprint density at radius 1 is 1.26 bits per heavy atom. The van der Waals surface area contributed by atoms with Crippen LogP contribution in [0.5, 0.6) is 11.5 Å². The zero-order valence-electron chi connectivity index (χ0n) is 14.7. The highest BCUT2D eigenvalue weighted by molar-refractivity contribution is 7.80. The third-order valence-electron chi connectivity index (χ3n) is 4.15. The molecule has 0 unspecified atom stereocenters. The van der Waals surface area contributed by atoms with Crippen LogP contribution in [0, 0.1) is 0 Å². The number of amides is 1. The second-order valence-corrected chi connectivity index (χ2v) is 6.81. The van der Waals surface area contributed by atoms with Crippen molar-refractivity contribution in [3.05, 3.63) is 64.3 Å². The molecule has 0 fully saturated rings. The predicted molar refractivity (Wildman–Crippen MR) is 109 cm³/mol. The zero-order chi connectivity index (χ0) is 19.6. The topological polar surface area (TPSA) is 82.6 Å². The van der Waals surface area contributed by atoms with Crippen LogP contribution in [-0.2, 0) is 4.79 Å². The minimum absolute atomic E-state index is 0.0191. The Labute approximate surface area is 167 Å². The number of halogens is 1. The third kappa shape index (κ3) is 4.15. The molecule has 0 aromatic heterocycles. The average molecular weight is 404 g/mol. The van der Waals surface area contributed by atoms with Gasteiger partial charge in [0.15, 0.2) is 16.6 Å². The van der Waals surface area contributed by atoms with Crippen LogP contribution in [0.3, 0.4) is 0 Å². The van der Waals surface area contributed by atoms with Crippen LogP contribution >= 0.6 is 23.8 Å². The Morgan fingerprint density at radius 3 is 2.63 bits per heavy atom. The van der Waals surface area contributed by atoms with Crippen molar-refractivity contribution in [2.24, 2.45) is 0 Å². The Morgan fingerprint density at radius 2 is 1.96 bits per heavy atom. The van der Waals surface area contributed by atoms with Crippen molar-refractivity contribution in [3.63, 3.8) is 0 Å². The molecule has 3 rings (SSSR count). The summed E-state index contributed by atoms with van der Waals surface area (Å²) in [6, 6.07) is 11.3. The molecular formula is C19H18ClN3O3S. The number of ether oxygens (including phenoxy) is 1. The number of carbonyl (C=O) groups is 1. The summed E-state index contributed by atoms with van der Waals surface area (Å²) >= 11 is 11.1. The van der Waals surface area contributed by atoms with Gasteiger partial charge >= 0.3 is 0 Å². The van der Waals surface area contributed by atoms with Crippen molar-refractivity contribution >= 4 is 40.5 Å². The minimum Gasteiger partial charge on any atom is -0.504 e. The van der Waals surface area contributed by atoms with Crippen LogP contribution in [0.25, 0.3) is 0 Å². The van der Waals surface area contributed by atoms with Crippen molar-refractivity contribution < 1.29 is 14.6 Å². The Bertz CT molecular complexity index is 928. The van der Waals surface area contributed by atoms with Gasteiger partial charge in [0.05, 0.1) is 18.7 Å². The van der Waals surface area contributed by atoms with Crippen LogP contribution in [0.4, 0.5) is 5.69 Å². The second kappa shape index (κ2) is 7.85. The number of benzene rings is 2. The normalized spacial score (nSPS) is 16.4. The molecule has 2 aromatic carbocycles. The highest BCUT2D eigenvalue weighted by atomic mass is 35.5. The maximum absolute atomic E-state index is 13.0. The number of methoxy groups -OCH3 is 1. The number of rotatable bonds is 4. The Hall–Kier alpha value is -2.77. The molecule has 1 amide bonds. The van der Waals surface area contributed by atoms with E-state index in [4.69, 9.17) is 28.6 Å². The second-order valence-electron chi connectivity index (χ2n) is 5.96. The van der Waals surface area contributed by atoms with E-state index in [1.807, 2.05) is 0 Å². The molecule has 0 saturated heterocycles. The largest absolute Gasteiger partial charge is 0.504 e. The standard InChI is InChI=1S/C19H18ClN3O3S/c1-10-16(18(25)22-13-6-4-12(20)5-7-13)17(23-19(27)21-10)11-3-8-14(24)15(9-11)26-2/h3-9,17,24H,1-2H3,(H,22,25)(H2,21,23,27)/t17-/m1/s1. The smallest absolute Gasteiger partial charge is 0.255 e. The lowest BCUT2D eigenvalue weighted by molar-refractivity contribution is -0.113. The Balaban J connectivity index is 1.96. The maximum Gasteiger partial charge on any atom is 0.255 e. The number of hydrogen-bond donors (Lipinski definition) is 4. The summed E-state index contributed by atoms with van der Waals surface area (Å²) in [6.45, 7) is 1.79. The summed E-state index contributed by atoms with van der Waals surface area (Å²) in [5.41, 5.74) is 2.47. The molecule has 0 radical (unpaired) electrons. The number of phenols is 1. The lowest BCUT2D eigenvalue weighted by atomic mass is 9.94. The van der Waals surface area contributed by atoms with Crippen LogP contribution in [0.2, 0.25) is 5.02 Å².